The van der Waals surface area contributed by atoms with Gasteiger partial charge in [0.25, 0.3) is 0 Å². The Morgan fingerprint density at radius 1 is 1.17 bits per heavy atom. The molecule has 0 saturated heterocycles. The van der Waals surface area contributed by atoms with Crippen molar-refractivity contribution >= 4 is 74.3 Å². The van der Waals surface area contributed by atoms with Crippen LogP contribution in [0.15, 0.2) is 29.6 Å². The van der Waals surface area contributed by atoms with Crippen molar-refractivity contribution in [3.8, 4) is 0 Å². The molecule has 9 heteroatoms. The third kappa shape index (κ3) is 5.16. The number of nitrogens with zero attached hydrogens (tertiary/aromatic N) is 3. The molecule has 0 saturated carbocycles. The van der Waals surface area contributed by atoms with Gasteiger partial charge in [-0.2, -0.15) is 0 Å². The van der Waals surface area contributed by atoms with E-state index in [0.29, 0.717) is 31.4 Å². The average Bonchev–Trinajstić information content (AvgIpc) is 2.59. The summed E-state index contributed by atoms with van der Waals surface area (Å²) in [6.45, 7) is 2.05. The Labute approximate surface area is 169 Å². The van der Waals surface area contributed by atoms with Crippen molar-refractivity contribution in [3.63, 3.8) is 0 Å². The molecule has 0 N–H and O–H groups in total. The van der Waals surface area contributed by atoms with E-state index in [1.807, 2.05) is 0 Å². The first-order valence-corrected chi connectivity index (χ1v) is 10.2. The van der Waals surface area contributed by atoms with E-state index < -0.39 is 0 Å². The van der Waals surface area contributed by atoms with Gasteiger partial charge in [-0.1, -0.05) is 69.9 Å². The van der Waals surface area contributed by atoms with Crippen LogP contribution in [-0.4, -0.2) is 21.4 Å². The molecule has 1 heterocycles. The number of benzene rings is 1. The van der Waals surface area contributed by atoms with E-state index in [1.54, 1.807) is 43.5 Å². The standard InChI is InChI=1S/C15H13Cl4N3S2/c1-8(12-6-21-3-4-22-12)24-15(20-2)23-7-9-13(18)10(16)5-11(17)14(9)19/h3-6,8H,7H2,1-2H3. The maximum absolute atomic E-state index is 6.25. The van der Waals surface area contributed by atoms with Crippen LogP contribution in [0, 0.1) is 0 Å². The molecule has 24 heavy (non-hydrogen) atoms. The molecule has 0 aliphatic carbocycles. The largest absolute Gasteiger partial charge is 0.275 e. The van der Waals surface area contributed by atoms with Crippen LogP contribution >= 0.6 is 69.9 Å². The minimum absolute atomic E-state index is 0.124. The van der Waals surface area contributed by atoms with Crippen LogP contribution in [0.3, 0.4) is 0 Å². The Balaban J connectivity index is 2.08. The predicted molar refractivity (Wildman–Crippen MR) is 109 cm³/mol. The highest BCUT2D eigenvalue weighted by Gasteiger charge is 2.17. The van der Waals surface area contributed by atoms with Gasteiger partial charge in [0.05, 0.1) is 31.0 Å². The molecule has 0 aliphatic heterocycles. The van der Waals surface area contributed by atoms with E-state index in [0.717, 1.165) is 10.1 Å². The summed E-state index contributed by atoms with van der Waals surface area (Å²) >= 11 is 27.7. The second-order valence-electron chi connectivity index (χ2n) is 4.62. The monoisotopic (exact) mass is 439 g/mol. The van der Waals surface area contributed by atoms with Gasteiger partial charge in [0.15, 0.2) is 0 Å². The molecule has 0 radical (unpaired) electrons. The summed E-state index contributed by atoms with van der Waals surface area (Å²) in [5.74, 6) is 0.519. The molecule has 0 aliphatic rings. The van der Waals surface area contributed by atoms with Crippen LogP contribution in [0.25, 0.3) is 0 Å². The fourth-order valence-corrected chi connectivity index (χ4v) is 5.13. The lowest BCUT2D eigenvalue weighted by Crippen LogP contribution is -1.98. The van der Waals surface area contributed by atoms with E-state index in [2.05, 4.69) is 21.9 Å². The van der Waals surface area contributed by atoms with Gasteiger partial charge in [0.1, 0.15) is 4.38 Å². The van der Waals surface area contributed by atoms with Crippen molar-refractivity contribution in [2.75, 3.05) is 7.05 Å². The summed E-state index contributed by atoms with van der Waals surface area (Å²) in [6.07, 6.45) is 5.08. The lowest BCUT2D eigenvalue weighted by Gasteiger charge is -2.13. The van der Waals surface area contributed by atoms with Gasteiger partial charge in [0, 0.05) is 37.0 Å². The molecular formula is C15H13Cl4N3S2. The first-order chi connectivity index (χ1) is 11.4. The summed E-state index contributed by atoms with van der Waals surface area (Å²) in [6, 6.07) is 1.54. The maximum Gasteiger partial charge on any atom is 0.125 e. The minimum atomic E-state index is 0.124. The molecule has 1 aromatic carbocycles. The number of halogens is 4. The molecule has 3 nitrogen and oxygen atoms in total. The van der Waals surface area contributed by atoms with Crippen molar-refractivity contribution in [2.24, 2.45) is 4.99 Å². The molecule has 1 atom stereocenters. The third-order valence-corrected chi connectivity index (χ3v) is 7.14. The van der Waals surface area contributed by atoms with Crippen LogP contribution in [0.5, 0.6) is 0 Å². The van der Waals surface area contributed by atoms with E-state index >= 15 is 0 Å². The van der Waals surface area contributed by atoms with Crippen molar-refractivity contribution < 1.29 is 0 Å². The fraction of sp³-hybridized carbons (Fsp3) is 0.267. The number of thioether (sulfide) groups is 2. The minimum Gasteiger partial charge on any atom is -0.275 e. The summed E-state index contributed by atoms with van der Waals surface area (Å²) in [5.41, 5.74) is 1.60. The zero-order valence-corrected chi connectivity index (χ0v) is 17.4. The normalized spacial score (nSPS) is 13.2. The zero-order chi connectivity index (χ0) is 17.7. The Kier molecular flexibility index (Phi) is 7.98. The zero-order valence-electron chi connectivity index (χ0n) is 12.8. The molecule has 2 rings (SSSR count). The number of aliphatic imine (C=N–C) groups is 1. The van der Waals surface area contributed by atoms with Gasteiger partial charge in [-0.25, -0.2) is 0 Å². The number of rotatable bonds is 4. The van der Waals surface area contributed by atoms with Crippen LogP contribution in [0.4, 0.5) is 0 Å². The van der Waals surface area contributed by atoms with Crippen LogP contribution in [-0.2, 0) is 5.75 Å². The lowest BCUT2D eigenvalue weighted by atomic mass is 10.2. The quantitative estimate of drug-likeness (QED) is 0.297. The highest BCUT2D eigenvalue weighted by atomic mass is 35.5. The van der Waals surface area contributed by atoms with E-state index in [1.165, 1.54) is 11.8 Å². The topological polar surface area (TPSA) is 38.1 Å². The van der Waals surface area contributed by atoms with Gasteiger partial charge in [0.2, 0.25) is 0 Å². The number of aromatic nitrogens is 2. The lowest BCUT2D eigenvalue weighted by molar-refractivity contribution is 0.981. The first-order valence-electron chi connectivity index (χ1n) is 6.78. The summed E-state index contributed by atoms with van der Waals surface area (Å²) < 4.78 is 0.886. The Bertz CT molecular complexity index is 715. The summed E-state index contributed by atoms with van der Waals surface area (Å²) in [5, 5.41) is 1.73. The van der Waals surface area contributed by atoms with Gasteiger partial charge in [-0.05, 0) is 13.0 Å². The van der Waals surface area contributed by atoms with E-state index in [-0.39, 0.29) is 5.25 Å². The molecule has 1 unspecified atom stereocenters. The predicted octanol–water partition coefficient (Wildman–Crippen LogP) is 6.80. The van der Waals surface area contributed by atoms with Gasteiger partial charge in [-0.15, -0.1) is 0 Å². The highest BCUT2D eigenvalue weighted by molar-refractivity contribution is 8.38. The highest BCUT2D eigenvalue weighted by Crippen LogP contribution is 2.40. The fourth-order valence-electron chi connectivity index (χ4n) is 1.77. The molecule has 1 aromatic heterocycles. The summed E-state index contributed by atoms with van der Waals surface area (Å²) in [4.78, 5) is 12.7. The maximum atomic E-state index is 6.25. The van der Waals surface area contributed by atoms with Crippen LogP contribution < -0.4 is 0 Å². The average molecular weight is 441 g/mol. The van der Waals surface area contributed by atoms with Crippen LogP contribution in [0.1, 0.15) is 23.4 Å². The Morgan fingerprint density at radius 2 is 1.83 bits per heavy atom. The van der Waals surface area contributed by atoms with Gasteiger partial charge < -0.3 is 0 Å². The molecule has 0 bridgehead atoms. The molecule has 0 spiro atoms. The summed E-state index contributed by atoms with van der Waals surface area (Å²) in [7, 11) is 1.74. The van der Waals surface area contributed by atoms with Gasteiger partial charge >= 0.3 is 0 Å². The number of hydrogen-bond acceptors (Lipinski definition) is 5. The van der Waals surface area contributed by atoms with E-state index in [9.17, 15) is 0 Å². The first kappa shape index (κ1) is 20.1. The van der Waals surface area contributed by atoms with Crippen molar-refractivity contribution in [1.29, 1.82) is 0 Å². The molecule has 2 aromatic rings. The Hall–Kier alpha value is -0.170. The van der Waals surface area contributed by atoms with Crippen molar-refractivity contribution in [2.45, 2.75) is 17.9 Å². The second kappa shape index (κ2) is 9.51. The smallest absolute Gasteiger partial charge is 0.125 e. The van der Waals surface area contributed by atoms with Crippen molar-refractivity contribution in [1.82, 2.24) is 9.97 Å². The number of hydrogen-bond donors (Lipinski definition) is 0. The molecular weight excluding hydrogens is 428 g/mol. The molecule has 0 fully saturated rings. The molecule has 128 valence electrons. The SMILES string of the molecule is CN=C(SCc1c(Cl)c(Cl)cc(Cl)c1Cl)SC(C)c1cnccn1. The second-order valence-corrected chi connectivity index (χ2v) is 8.74. The van der Waals surface area contributed by atoms with E-state index in [4.69, 9.17) is 46.4 Å². The molecule has 0 amide bonds. The van der Waals surface area contributed by atoms with Crippen molar-refractivity contribution in [3.05, 3.63) is 56.0 Å². The Morgan fingerprint density at radius 3 is 2.38 bits per heavy atom. The third-order valence-electron chi connectivity index (χ3n) is 3.00. The van der Waals surface area contributed by atoms with Gasteiger partial charge in [-0.3, -0.25) is 15.0 Å². The van der Waals surface area contributed by atoms with Crippen LogP contribution in [0.2, 0.25) is 20.1 Å².